The fourth-order valence-electron chi connectivity index (χ4n) is 2.16. The summed E-state index contributed by atoms with van der Waals surface area (Å²) in [6.07, 6.45) is 17.6. The molecule has 1 N–H and O–H groups in total. The monoisotopic (exact) mass is 274 g/mol. The van der Waals surface area contributed by atoms with Crippen LogP contribution in [0.1, 0.15) is 84.0 Å². The van der Waals surface area contributed by atoms with Crippen LogP contribution in [-0.2, 0) is 0 Å². The van der Waals surface area contributed by atoms with Gasteiger partial charge in [-0.1, -0.05) is 82.7 Å². The van der Waals surface area contributed by atoms with Crippen molar-refractivity contribution in [3.05, 3.63) is 11.1 Å². The van der Waals surface area contributed by atoms with Crippen LogP contribution in [0, 0.1) is 0 Å². The molecule has 108 valence electrons. The number of allylic oxidation sites excluding steroid dienone is 1. The zero-order chi connectivity index (χ0) is 13.5. The minimum atomic E-state index is 0.0663. The maximum Gasteiger partial charge on any atom is 0.0626 e. The standard InChI is InChI=1S/C16H31ClO/c1-2-3-4-5-6-7-8-9-10-11-12-13-16(17)14-15-18/h14,18H,2-13,15H2,1H3/b16-14-. The van der Waals surface area contributed by atoms with Crippen LogP contribution in [0.2, 0.25) is 0 Å². The lowest BCUT2D eigenvalue weighted by Gasteiger charge is -2.02. The van der Waals surface area contributed by atoms with Crippen molar-refractivity contribution < 1.29 is 5.11 Å². The Labute approximate surface area is 119 Å². The summed E-state index contributed by atoms with van der Waals surface area (Å²) in [6.45, 7) is 2.33. The van der Waals surface area contributed by atoms with E-state index in [1.807, 2.05) is 0 Å². The van der Waals surface area contributed by atoms with Crippen LogP contribution >= 0.6 is 11.6 Å². The molecule has 0 heterocycles. The van der Waals surface area contributed by atoms with E-state index in [0.717, 1.165) is 17.9 Å². The summed E-state index contributed by atoms with van der Waals surface area (Å²) in [7, 11) is 0. The van der Waals surface area contributed by atoms with Gasteiger partial charge in [-0.25, -0.2) is 0 Å². The molecule has 0 aliphatic rings. The summed E-state index contributed by atoms with van der Waals surface area (Å²) in [5.41, 5.74) is 0. The van der Waals surface area contributed by atoms with E-state index in [-0.39, 0.29) is 6.61 Å². The zero-order valence-electron chi connectivity index (χ0n) is 12.1. The molecule has 0 saturated heterocycles. The lowest BCUT2D eigenvalue weighted by atomic mass is 10.1. The molecule has 0 radical (unpaired) electrons. The molecule has 0 bridgehead atoms. The molecule has 0 fully saturated rings. The van der Waals surface area contributed by atoms with Crippen LogP contribution in [0.4, 0.5) is 0 Å². The second kappa shape index (κ2) is 15.0. The maximum atomic E-state index is 8.65. The van der Waals surface area contributed by atoms with Crippen molar-refractivity contribution in [3.8, 4) is 0 Å². The van der Waals surface area contributed by atoms with E-state index >= 15 is 0 Å². The van der Waals surface area contributed by atoms with Crippen molar-refractivity contribution in [1.82, 2.24) is 0 Å². The highest BCUT2D eigenvalue weighted by Crippen LogP contribution is 2.15. The van der Waals surface area contributed by atoms with E-state index in [0.29, 0.717) is 0 Å². The van der Waals surface area contributed by atoms with Gasteiger partial charge in [0.05, 0.1) is 6.61 Å². The van der Waals surface area contributed by atoms with Gasteiger partial charge in [-0.3, -0.25) is 0 Å². The first kappa shape index (κ1) is 18.0. The first-order chi connectivity index (χ1) is 8.81. The SMILES string of the molecule is CCCCCCCCCCCCC/C(Cl)=C/CO. The fraction of sp³-hybridized carbons (Fsp3) is 0.875. The van der Waals surface area contributed by atoms with E-state index in [2.05, 4.69) is 6.92 Å². The average Bonchev–Trinajstić information content (AvgIpc) is 2.36. The minimum absolute atomic E-state index is 0.0663. The topological polar surface area (TPSA) is 20.2 Å². The molecule has 0 aliphatic carbocycles. The molecular weight excluding hydrogens is 244 g/mol. The number of hydrogen-bond donors (Lipinski definition) is 1. The van der Waals surface area contributed by atoms with Crippen LogP contribution in [-0.4, -0.2) is 11.7 Å². The van der Waals surface area contributed by atoms with Crippen LogP contribution in [0.3, 0.4) is 0 Å². The highest BCUT2D eigenvalue weighted by molar-refractivity contribution is 6.29. The predicted molar refractivity (Wildman–Crippen MR) is 82.1 cm³/mol. The summed E-state index contributed by atoms with van der Waals surface area (Å²) in [5.74, 6) is 0. The number of hydrogen-bond acceptors (Lipinski definition) is 1. The highest BCUT2D eigenvalue weighted by Gasteiger charge is 1.95. The molecule has 0 unspecified atom stereocenters. The van der Waals surface area contributed by atoms with E-state index in [4.69, 9.17) is 16.7 Å². The minimum Gasteiger partial charge on any atom is -0.392 e. The largest absolute Gasteiger partial charge is 0.392 e. The Morgan fingerprint density at radius 2 is 1.28 bits per heavy atom. The molecule has 1 nitrogen and oxygen atoms in total. The van der Waals surface area contributed by atoms with E-state index in [1.54, 1.807) is 6.08 Å². The summed E-state index contributed by atoms with van der Waals surface area (Å²) < 4.78 is 0. The number of halogens is 1. The quantitative estimate of drug-likeness (QED) is 0.421. The lowest BCUT2D eigenvalue weighted by Crippen LogP contribution is -1.83. The fourth-order valence-corrected chi connectivity index (χ4v) is 2.36. The summed E-state index contributed by atoms with van der Waals surface area (Å²) in [4.78, 5) is 0. The molecule has 0 aromatic rings. The van der Waals surface area contributed by atoms with Gasteiger partial charge in [0.2, 0.25) is 0 Å². The van der Waals surface area contributed by atoms with Gasteiger partial charge in [-0.2, -0.15) is 0 Å². The summed E-state index contributed by atoms with van der Waals surface area (Å²) in [6, 6.07) is 0. The second-order valence-electron chi connectivity index (χ2n) is 5.12. The third kappa shape index (κ3) is 14.1. The van der Waals surface area contributed by atoms with Gasteiger partial charge in [-0.15, -0.1) is 0 Å². The van der Waals surface area contributed by atoms with Gasteiger partial charge < -0.3 is 5.11 Å². The number of unbranched alkanes of at least 4 members (excludes halogenated alkanes) is 10. The van der Waals surface area contributed by atoms with Gasteiger partial charge >= 0.3 is 0 Å². The molecule has 0 aromatic heterocycles. The van der Waals surface area contributed by atoms with E-state index in [9.17, 15) is 0 Å². The van der Waals surface area contributed by atoms with Crippen LogP contribution < -0.4 is 0 Å². The average molecular weight is 275 g/mol. The molecule has 0 aliphatic heterocycles. The molecule has 2 heteroatoms. The van der Waals surface area contributed by atoms with Gasteiger partial charge in [0, 0.05) is 5.03 Å². The van der Waals surface area contributed by atoms with Crippen LogP contribution in [0.25, 0.3) is 0 Å². The Morgan fingerprint density at radius 3 is 1.72 bits per heavy atom. The molecule has 0 spiro atoms. The Kier molecular flexibility index (Phi) is 15.0. The Hall–Kier alpha value is -0.0100. The molecule has 0 rings (SSSR count). The Morgan fingerprint density at radius 1 is 0.833 bits per heavy atom. The van der Waals surface area contributed by atoms with Gasteiger partial charge in [0.1, 0.15) is 0 Å². The van der Waals surface area contributed by atoms with Crippen LogP contribution in [0.5, 0.6) is 0 Å². The Balaban J connectivity index is 3.05. The number of aliphatic hydroxyl groups excluding tert-OH is 1. The summed E-state index contributed by atoms with van der Waals surface area (Å²) >= 11 is 5.91. The summed E-state index contributed by atoms with van der Waals surface area (Å²) in [5, 5.41) is 9.47. The number of aliphatic hydroxyl groups is 1. The number of rotatable bonds is 13. The normalized spacial score (nSPS) is 12.1. The molecule has 18 heavy (non-hydrogen) atoms. The maximum absolute atomic E-state index is 8.65. The van der Waals surface area contributed by atoms with Crippen molar-refractivity contribution in [2.45, 2.75) is 84.0 Å². The van der Waals surface area contributed by atoms with Crippen molar-refractivity contribution >= 4 is 11.6 Å². The van der Waals surface area contributed by atoms with E-state index in [1.165, 1.54) is 64.2 Å². The van der Waals surface area contributed by atoms with E-state index < -0.39 is 0 Å². The molecule has 0 amide bonds. The molecule has 0 aromatic carbocycles. The third-order valence-electron chi connectivity index (χ3n) is 3.33. The third-order valence-corrected chi connectivity index (χ3v) is 3.68. The van der Waals surface area contributed by atoms with Crippen molar-refractivity contribution in [2.75, 3.05) is 6.61 Å². The van der Waals surface area contributed by atoms with Crippen molar-refractivity contribution in [1.29, 1.82) is 0 Å². The van der Waals surface area contributed by atoms with Crippen molar-refractivity contribution in [2.24, 2.45) is 0 Å². The highest BCUT2D eigenvalue weighted by atomic mass is 35.5. The van der Waals surface area contributed by atoms with Gasteiger partial charge in [0.25, 0.3) is 0 Å². The van der Waals surface area contributed by atoms with Crippen molar-refractivity contribution in [3.63, 3.8) is 0 Å². The first-order valence-corrected chi connectivity index (χ1v) is 8.14. The molecular formula is C16H31ClO. The lowest BCUT2D eigenvalue weighted by molar-refractivity contribution is 0.342. The van der Waals surface area contributed by atoms with Gasteiger partial charge in [-0.05, 0) is 18.9 Å². The van der Waals surface area contributed by atoms with Gasteiger partial charge in [0.15, 0.2) is 0 Å². The first-order valence-electron chi connectivity index (χ1n) is 7.76. The molecule has 0 saturated carbocycles. The molecule has 0 atom stereocenters. The predicted octanol–water partition coefficient (Wildman–Crippen LogP) is 5.80. The Bertz CT molecular complexity index is 190. The smallest absolute Gasteiger partial charge is 0.0626 e. The van der Waals surface area contributed by atoms with Crippen LogP contribution in [0.15, 0.2) is 11.1 Å². The second-order valence-corrected chi connectivity index (χ2v) is 5.60. The zero-order valence-corrected chi connectivity index (χ0v) is 12.9.